The number of carbonyl (C=O) groups is 2. The van der Waals surface area contributed by atoms with Gasteiger partial charge >= 0.3 is 0 Å². The van der Waals surface area contributed by atoms with Crippen molar-refractivity contribution in [1.82, 2.24) is 10.2 Å². The number of amides is 2. The highest BCUT2D eigenvalue weighted by Crippen LogP contribution is 2.16. The van der Waals surface area contributed by atoms with Crippen LogP contribution in [0.15, 0.2) is 24.3 Å². The van der Waals surface area contributed by atoms with E-state index in [9.17, 15) is 9.59 Å². The van der Waals surface area contributed by atoms with Gasteiger partial charge < -0.3 is 15.8 Å². The van der Waals surface area contributed by atoms with Gasteiger partial charge in [-0.25, -0.2) is 0 Å². The van der Waals surface area contributed by atoms with Gasteiger partial charge in [0.15, 0.2) is 0 Å². The highest BCUT2D eigenvalue weighted by Gasteiger charge is 2.30. The molecular weight excluding hydrogens is 282 g/mol. The van der Waals surface area contributed by atoms with E-state index in [1.165, 1.54) is 0 Å². The van der Waals surface area contributed by atoms with Crippen LogP contribution in [0.4, 0.5) is 0 Å². The lowest BCUT2D eigenvalue weighted by Crippen LogP contribution is -2.45. The summed E-state index contributed by atoms with van der Waals surface area (Å²) in [5, 5.41) is 2.90. The minimum Gasteiger partial charge on any atom is -0.380 e. The average molecular weight is 305 g/mol. The third-order valence-electron chi connectivity index (χ3n) is 3.93. The summed E-state index contributed by atoms with van der Waals surface area (Å²) in [7, 11) is 1.65. The van der Waals surface area contributed by atoms with Crippen molar-refractivity contribution in [3.63, 3.8) is 0 Å². The zero-order valence-corrected chi connectivity index (χ0v) is 12.9. The summed E-state index contributed by atoms with van der Waals surface area (Å²) in [6.07, 6.45) is 1.64. The fourth-order valence-corrected chi connectivity index (χ4v) is 2.80. The van der Waals surface area contributed by atoms with E-state index in [2.05, 4.69) is 5.32 Å². The van der Waals surface area contributed by atoms with E-state index in [0.29, 0.717) is 13.2 Å². The first-order chi connectivity index (χ1) is 10.6. The molecule has 6 heteroatoms. The number of primary amides is 1. The lowest BCUT2D eigenvalue weighted by atomic mass is 10.1. The summed E-state index contributed by atoms with van der Waals surface area (Å²) in [5.41, 5.74) is 7.45. The number of carbonyl (C=O) groups excluding carboxylic acids is 2. The molecule has 1 aliphatic rings. The van der Waals surface area contributed by atoms with Gasteiger partial charge in [0.1, 0.15) is 0 Å². The Morgan fingerprint density at radius 3 is 2.77 bits per heavy atom. The topological polar surface area (TPSA) is 84.7 Å². The molecule has 0 aliphatic carbocycles. The lowest BCUT2D eigenvalue weighted by Gasteiger charge is -2.21. The van der Waals surface area contributed by atoms with Crippen molar-refractivity contribution in [3.05, 3.63) is 35.4 Å². The Hall–Kier alpha value is -1.92. The minimum absolute atomic E-state index is 0.0969. The van der Waals surface area contributed by atoms with E-state index in [0.717, 1.165) is 30.5 Å². The predicted octanol–water partition coefficient (Wildman–Crippen LogP) is 0.399. The minimum atomic E-state index is -0.351. The number of hydrogen-bond donors (Lipinski definition) is 2. The average Bonchev–Trinajstić information content (AvgIpc) is 2.95. The van der Waals surface area contributed by atoms with Crippen molar-refractivity contribution in [3.8, 4) is 0 Å². The molecule has 3 N–H and O–H groups in total. The molecule has 1 heterocycles. The van der Waals surface area contributed by atoms with Crippen LogP contribution in [0.3, 0.4) is 0 Å². The second-order valence-electron chi connectivity index (χ2n) is 5.51. The van der Waals surface area contributed by atoms with Gasteiger partial charge in [0, 0.05) is 13.7 Å². The summed E-state index contributed by atoms with van der Waals surface area (Å²) >= 11 is 0. The summed E-state index contributed by atoms with van der Waals surface area (Å²) < 4.78 is 5.15. The predicted molar refractivity (Wildman–Crippen MR) is 82.8 cm³/mol. The van der Waals surface area contributed by atoms with Gasteiger partial charge in [-0.15, -0.1) is 0 Å². The van der Waals surface area contributed by atoms with Gasteiger partial charge in [0.25, 0.3) is 0 Å². The third kappa shape index (κ3) is 4.29. The van der Waals surface area contributed by atoms with Crippen LogP contribution >= 0.6 is 0 Å². The molecule has 0 bridgehead atoms. The summed E-state index contributed by atoms with van der Waals surface area (Å²) in [4.78, 5) is 25.2. The molecule has 0 spiro atoms. The third-order valence-corrected chi connectivity index (χ3v) is 3.93. The molecule has 0 unspecified atom stereocenters. The molecule has 1 aliphatic heterocycles. The number of ether oxygens (including phenoxy) is 1. The van der Waals surface area contributed by atoms with Gasteiger partial charge in [-0.3, -0.25) is 14.5 Å². The van der Waals surface area contributed by atoms with Crippen LogP contribution < -0.4 is 11.1 Å². The molecule has 0 aromatic heterocycles. The smallest absolute Gasteiger partial charge is 0.234 e. The molecule has 6 nitrogen and oxygen atoms in total. The molecule has 2 rings (SSSR count). The maximum atomic E-state index is 12.1. The van der Waals surface area contributed by atoms with Crippen molar-refractivity contribution in [2.24, 2.45) is 5.73 Å². The lowest BCUT2D eigenvalue weighted by molar-refractivity contribution is -0.125. The first-order valence-electron chi connectivity index (χ1n) is 7.47. The van der Waals surface area contributed by atoms with Gasteiger partial charge in [-0.1, -0.05) is 24.3 Å². The van der Waals surface area contributed by atoms with Crippen molar-refractivity contribution in [2.45, 2.75) is 32.0 Å². The monoisotopic (exact) mass is 305 g/mol. The van der Waals surface area contributed by atoms with Gasteiger partial charge in [-0.2, -0.15) is 0 Å². The Morgan fingerprint density at radius 1 is 1.36 bits per heavy atom. The van der Waals surface area contributed by atoms with Crippen LogP contribution in [0.5, 0.6) is 0 Å². The first-order valence-corrected chi connectivity index (χ1v) is 7.47. The van der Waals surface area contributed by atoms with E-state index < -0.39 is 0 Å². The molecule has 22 heavy (non-hydrogen) atoms. The highest BCUT2D eigenvalue weighted by molar-refractivity contribution is 5.82. The maximum Gasteiger partial charge on any atom is 0.234 e. The number of nitrogens with one attached hydrogen (secondary N) is 1. The zero-order valence-electron chi connectivity index (χ0n) is 12.9. The van der Waals surface area contributed by atoms with Crippen LogP contribution in [-0.4, -0.2) is 43.0 Å². The van der Waals surface area contributed by atoms with Crippen LogP contribution in [0.1, 0.15) is 24.0 Å². The summed E-state index contributed by atoms with van der Waals surface area (Å²) in [6.45, 7) is 1.91. The summed E-state index contributed by atoms with van der Waals surface area (Å²) in [6, 6.07) is 7.52. The molecule has 1 aromatic carbocycles. The zero-order chi connectivity index (χ0) is 15.9. The van der Waals surface area contributed by atoms with Gasteiger partial charge in [0.05, 0.1) is 19.2 Å². The Kier molecular flexibility index (Phi) is 5.91. The molecule has 1 aromatic rings. The van der Waals surface area contributed by atoms with Crippen LogP contribution in [0.25, 0.3) is 0 Å². The van der Waals surface area contributed by atoms with Crippen molar-refractivity contribution in [2.75, 3.05) is 20.2 Å². The van der Waals surface area contributed by atoms with Gasteiger partial charge in [-0.05, 0) is 30.5 Å². The number of nitrogens with two attached hydrogens (primary N) is 1. The Morgan fingerprint density at radius 2 is 2.09 bits per heavy atom. The van der Waals surface area contributed by atoms with E-state index in [1.54, 1.807) is 7.11 Å². The second-order valence-corrected chi connectivity index (χ2v) is 5.51. The number of nitrogens with zero attached hydrogens (tertiary/aromatic N) is 1. The number of hydrogen-bond acceptors (Lipinski definition) is 4. The molecular formula is C16H23N3O3. The number of rotatable bonds is 7. The number of benzene rings is 1. The molecule has 120 valence electrons. The van der Waals surface area contributed by atoms with Crippen LogP contribution in [0, 0.1) is 0 Å². The highest BCUT2D eigenvalue weighted by atomic mass is 16.5. The van der Waals surface area contributed by atoms with Gasteiger partial charge in [0.2, 0.25) is 11.8 Å². The Balaban J connectivity index is 1.87. The fourth-order valence-electron chi connectivity index (χ4n) is 2.80. The number of likely N-dealkylation sites (tertiary alicyclic amines) is 1. The van der Waals surface area contributed by atoms with Crippen LogP contribution in [0.2, 0.25) is 0 Å². The van der Waals surface area contributed by atoms with Crippen molar-refractivity contribution in [1.29, 1.82) is 0 Å². The Labute approximate surface area is 130 Å². The first kappa shape index (κ1) is 16.5. The molecule has 0 saturated carbocycles. The van der Waals surface area contributed by atoms with E-state index in [4.69, 9.17) is 10.5 Å². The largest absolute Gasteiger partial charge is 0.380 e. The standard InChI is InChI=1S/C16H23N3O3/c1-22-11-13-6-3-2-5-12(13)9-18-15(20)10-19-8-4-7-14(19)16(17)21/h2-3,5-6,14H,4,7-11H2,1H3,(H2,17,21)(H,18,20)/t14-/m1/s1. The van der Waals surface area contributed by atoms with Crippen molar-refractivity contribution >= 4 is 11.8 Å². The van der Waals surface area contributed by atoms with E-state index >= 15 is 0 Å². The molecule has 1 fully saturated rings. The SMILES string of the molecule is COCc1ccccc1CNC(=O)CN1CCC[C@@H]1C(N)=O. The second kappa shape index (κ2) is 7.91. The molecule has 1 saturated heterocycles. The van der Waals surface area contributed by atoms with E-state index in [1.807, 2.05) is 29.2 Å². The van der Waals surface area contributed by atoms with E-state index in [-0.39, 0.29) is 24.4 Å². The molecule has 1 atom stereocenters. The fraction of sp³-hybridized carbons (Fsp3) is 0.500. The molecule has 2 amide bonds. The Bertz CT molecular complexity index is 533. The van der Waals surface area contributed by atoms with Crippen molar-refractivity contribution < 1.29 is 14.3 Å². The quantitative estimate of drug-likeness (QED) is 0.763. The normalized spacial score (nSPS) is 18.3. The summed E-state index contributed by atoms with van der Waals surface area (Å²) in [5.74, 6) is -0.448. The maximum absolute atomic E-state index is 12.1. The molecule has 0 radical (unpaired) electrons. The van der Waals surface area contributed by atoms with Crippen LogP contribution in [-0.2, 0) is 27.5 Å². The number of methoxy groups -OCH3 is 1.